The van der Waals surface area contributed by atoms with Gasteiger partial charge in [0.05, 0.1) is 44.5 Å². The number of nitrogens with zero attached hydrogens (tertiary/aromatic N) is 4. The van der Waals surface area contributed by atoms with Gasteiger partial charge in [-0.15, -0.1) is 0 Å². The van der Waals surface area contributed by atoms with Gasteiger partial charge in [-0.05, 0) is 61.2 Å². The van der Waals surface area contributed by atoms with Crippen LogP contribution in [0.1, 0.15) is 36.2 Å². The van der Waals surface area contributed by atoms with E-state index in [0.717, 1.165) is 23.8 Å². The number of hydrogen-bond donors (Lipinski definition) is 3. The first kappa shape index (κ1) is 25.1. The monoisotopic (exact) mass is 514 g/mol. The van der Waals surface area contributed by atoms with E-state index in [-0.39, 0.29) is 12.5 Å². The number of morpholine rings is 1. The maximum atomic E-state index is 13.3. The highest BCUT2D eigenvalue weighted by molar-refractivity contribution is 7.97. The maximum Gasteiger partial charge on any atom is 0.274 e. The number of carbonyl (C=O) groups excluding carboxylic acids is 1. The minimum atomic E-state index is -0.287. The second-order valence-electron chi connectivity index (χ2n) is 9.52. The van der Waals surface area contributed by atoms with E-state index in [1.807, 2.05) is 6.07 Å². The molecule has 194 valence electrons. The van der Waals surface area contributed by atoms with E-state index in [1.54, 1.807) is 25.4 Å². The third kappa shape index (κ3) is 5.69. The molecule has 3 aliphatic rings. The van der Waals surface area contributed by atoms with Crippen molar-refractivity contribution in [3.63, 3.8) is 0 Å². The van der Waals surface area contributed by atoms with Gasteiger partial charge in [-0.1, -0.05) is 0 Å². The second-order valence-corrected chi connectivity index (χ2v) is 10.4. The lowest BCUT2D eigenvalue weighted by Crippen LogP contribution is -2.37. The molecule has 0 atom stereocenters. The summed E-state index contributed by atoms with van der Waals surface area (Å²) >= 11 is 1.38. The molecule has 1 saturated carbocycles. The number of anilines is 3. The summed E-state index contributed by atoms with van der Waals surface area (Å²) in [7, 11) is 1.61. The van der Waals surface area contributed by atoms with Crippen LogP contribution in [-0.2, 0) is 4.74 Å². The summed E-state index contributed by atoms with van der Waals surface area (Å²) in [5.41, 5.74) is 2.51. The molecule has 11 heteroatoms. The van der Waals surface area contributed by atoms with Gasteiger partial charge in [0.1, 0.15) is 10.7 Å². The van der Waals surface area contributed by atoms with Crippen LogP contribution in [0.5, 0.6) is 5.75 Å². The highest BCUT2D eigenvalue weighted by Crippen LogP contribution is 2.54. The number of nitrogens with one attached hydrogen (secondary N) is 2. The number of rotatable bonds is 9. The summed E-state index contributed by atoms with van der Waals surface area (Å²) in [6, 6.07) is 5.49. The third-order valence-electron chi connectivity index (χ3n) is 7.22. The van der Waals surface area contributed by atoms with Crippen LogP contribution in [-0.4, -0.2) is 80.6 Å². The average molecular weight is 515 g/mol. The van der Waals surface area contributed by atoms with Gasteiger partial charge in [0, 0.05) is 32.7 Å². The molecule has 0 unspecified atom stereocenters. The first-order valence-corrected chi connectivity index (χ1v) is 13.4. The largest absolute Gasteiger partial charge is 0.493 e. The number of methoxy groups -OCH3 is 1. The Morgan fingerprint density at radius 2 is 1.94 bits per heavy atom. The summed E-state index contributed by atoms with van der Waals surface area (Å²) < 4.78 is 14.1. The Kier molecular flexibility index (Phi) is 7.80. The van der Waals surface area contributed by atoms with Crippen LogP contribution in [0.2, 0.25) is 0 Å². The Morgan fingerprint density at radius 1 is 1.17 bits per heavy atom. The smallest absolute Gasteiger partial charge is 0.274 e. The minimum Gasteiger partial charge on any atom is -0.493 e. The molecule has 3 N–H and O–H groups in total. The van der Waals surface area contributed by atoms with Gasteiger partial charge in [0.2, 0.25) is 0 Å². The molecule has 5 rings (SSSR count). The molecule has 1 amide bonds. The molecule has 2 saturated heterocycles. The fourth-order valence-corrected chi connectivity index (χ4v) is 5.44. The van der Waals surface area contributed by atoms with Crippen molar-refractivity contribution in [1.29, 1.82) is 0 Å². The van der Waals surface area contributed by atoms with Crippen LogP contribution in [0.25, 0.3) is 0 Å². The van der Waals surface area contributed by atoms with Crippen molar-refractivity contribution in [2.45, 2.75) is 30.7 Å². The fourth-order valence-electron chi connectivity index (χ4n) is 4.82. The molecular formula is C25H34N6O4S. The lowest BCUT2D eigenvalue weighted by molar-refractivity contribution is 0.102. The highest BCUT2D eigenvalue weighted by atomic mass is 32.2. The van der Waals surface area contributed by atoms with Gasteiger partial charge in [-0.2, -0.15) is 0 Å². The summed E-state index contributed by atoms with van der Waals surface area (Å²) in [5.74, 6) is 0.999. The van der Waals surface area contributed by atoms with Crippen molar-refractivity contribution < 1.29 is 19.4 Å². The number of carbonyl (C=O) groups is 1. The molecule has 2 aromatic rings. The van der Waals surface area contributed by atoms with Crippen LogP contribution in [0, 0.1) is 5.41 Å². The average Bonchev–Trinajstić information content (AvgIpc) is 3.68. The zero-order chi connectivity index (χ0) is 25.0. The first-order valence-electron chi connectivity index (χ1n) is 12.6. The molecular weight excluding hydrogens is 480 g/mol. The Labute approximate surface area is 215 Å². The van der Waals surface area contributed by atoms with Gasteiger partial charge in [-0.25, -0.2) is 9.97 Å². The van der Waals surface area contributed by atoms with Gasteiger partial charge in [0.15, 0.2) is 11.6 Å². The highest BCUT2D eigenvalue weighted by Gasteiger charge is 2.44. The summed E-state index contributed by atoms with van der Waals surface area (Å²) in [5, 5.41) is 12.9. The van der Waals surface area contributed by atoms with E-state index in [2.05, 4.69) is 29.8 Å². The lowest BCUT2D eigenvalue weighted by Gasteiger charge is -2.35. The quantitative estimate of drug-likeness (QED) is 0.341. The van der Waals surface area contributed by atoms with Crippen LogP contribution in [0.4, 0.5) is 17.2 Å². The summed E-state index contributed by atoms with van der Waals surface area (Å²) in [6.07, 6.45) is 6.74. The Hall–Kier alpha value is -2.60. The number of hydrogen-bond acceptors (Lipinski definition) is 10. The van der Waals surface area contributed by atoms with Crippen LogP contribution >= 0.6 is 11.9 Å². The lowest BCUT2D eigenvalue weighted by atomic mass is 9.93. The number of aliphatic hydroxyl groups excluding tert-OH is 1. The molecule has 1 spiro atoms. The number of aromatic nitrogens is 2. The van der Waals surface area contributed by atoms with Crippen molar-refractivity contribution in [2.75, 3.05) is 74.8 Å². The van der Waals surface area contributed by atoms with Crippen molar-refractivity contribution in [3.05, 3.63) is 30.1 Å². The Morgan fingerprint density at radius 3 is 2.64 bits per heavy atom. The number of amides is 1. The van der Waals surface area contributed by atoms with Gasteiger partial charge in [0.25, 0.3) is 5.91 Å². The number of pyridine rings is 2. The zero-order valence-corrected chi connectivity index (χ0v) is 21.5. The molecule has 0 radical (unpaired) electrons. The van der Waals surface area contributed by atoms with Crippen LogP contribution < -0.4 is 24.6 Å². The van der Waals surface area contributed by atoms with E-state index in [1.165, 1.54) is 37.6 Å². The molecule has 3 fully saturated rings. The maximum absolute atomic E-state index is 13.3. The standard InChI is InChI=1S/C25H34N6O4S/c1-34-21-3-2-18(28-23(21)31-11-14-35-15-12-31)24(33)29-19-17-26-22(36-27-8-13-32)16-20(19)30-9-6-25(4-5-25)7-10-30/h2-3,16-17,27,32H,4-15H2,1H3,(H,29,33). The van der Waals surface area contributed by atoms with Gasteiger partial charge >= 0.3 is 0 Å². The van der Waals surface area contributed by atoms with Crippen molar-refractivity contribution in [1.82, 2.24) is 14.7 Å². The molecule has 0 bridgehead atoms. The number of ether oxygens (including phenoxy) is 2. The SMILES string of the molecule is COc1ccc(C(=O)Nc2cnc(SNCCO)cc2N2CCC3(CC2)CC3)nc1N1CCOCC1. The third-order valence-corrected chi connectivity index (χ3v) is 8.00. The van der Waals surface area contributed by atoms with Crippen molar-refractivity contribution in [2.24, 2.45) is 5.41 Å². The predicted octanol–water partition coefficient (Wildman–Crippen LogP) is 2.54. The fraction of sp³-hybridized carbons (Fsp3) is 0.560. The molecule has 10 nitrogen and oxygen atoms in total. The Bertz CT molecular complexity index is 1070. The molecule has 2 aromatic heterocycles. The van der Waals surface area contributed by atoms with Gasteiger partial charge in [-0.3, -0.25) is 9.52 Å². The van der Waals surface area contributed by atoms with E-state index < -0.39 is 0 Å². The van der Waals surface area contributed by atoms with Crippen LogP contribution in [0.15, 0.2) is 29.4 Å². The zero-order valence-electron chi connectivity index (χ0n) is 20.7. The number of piperidine rings is 1. The first-order chi connectivity index (χ1) is 17.6. The van der Waals surface area contributed by atoms with Gasteiger partial charge < -0.3 is 29.7 Å². The van der Waals surface area contributed by atoms with E-state index >= 15 is 0 Å². The molecule has 2 aliphatic heterocycles. The van der Waals surface area contributed by atoms with E-state index in [0.29, 0.717) is 61.2 Å². The molecule has 36 heavy (non-hydrogen) atoms. The van der Waals surface area contributed by atoms with E-state index in [9.17, 15) is 4.79 Å². The second kappa shape index (κ2) is 11.2. The van der Waals surface area contributed by atoms with Crippen LogP contribution in [0.3, 0.4) is 0 Å². The summed E-state index contributed by atoms with van der Waals surface area (Å²) in [6.45, 7) is 5.08. The van der Waals surface area contributed by atoms with Crippen molar-refractivity contribution >= 4 is 35.0 Å². The topological polar surface area (TPSA) is 112 Å². The predicted molar refractivity (Wildman–Crippen MR) is 140 cm³/mol. The van der Waals surface area contributed by atoms with E-state index in [4.69, 9.17) is 14.6 Å². The molecule has 4 heterocycles. The Balaban J connectivity index is 1.37. The number of aliphatic hydroxyl groups is 1. The summed E-state index contributed by atoms with van der Waals surface area (Å²) in [4.78, 5) is 27.0. The molecule has 0 aromatic carbocycles. The van der Waals surface area contributed by atoms with Crippen molar-refractivity contribution in [3.8, 4) is 5.75 Å². The molecule has 1 aliphatic carbocycles. The minimum absolute atomic E-state index is 0.0590. The normalized spacial score (nSPS) is 18.8.